The first-order valence-corrected chi connectivity index (χ1v) is 15.1. The van der Waals surface area contributed by atoms with E-state index in [4.69, 9.17) is 14.2 Å². The standard InChI is InChI=1S/C33H45F3O3/c1-3-5-7-9-11-25(34)21-37-27-18-15-24-19-28(32(35)33(36)29(24)20-27)23-13-16-26(17-14-23)38-22-31-30(39-31)12-10-8-6-4-2/h13-14,16-17,19,25,27,30-31H,3-12,15,18,20-22H2,1-2H3. The van der Waals surface area contributed by atoms with E-state index in [1.165, 1.54) is 25.7 Å². The highest BCUT2D eigenvalue weighted by atomic mass is 19.2. The fourth-order valence-electron chi connectivity index (χ4n) is 5.54. The van der Waals surface area contributed by atoms with E-state index >= 15 is 8.78 Å². The topological polar surface area (TPSA) is 31.0 Å². The largest absolute Gasteiger partial charge is 0.491 e. The van der Waals surface area contributed by atoms with Gasteiger partial charge in [0.2, 0.25) is 0 Å². The van der Waals surface area contributed by atoms with Crippen molar-refractivity contribution >= 4 is 0 Å². The van der Waals surface area contributed by atoms with E-state index in [0.717, 1.165) is 37.7 Å². The van der Waals surface area contributed by atoms with Gasteiger partial charge in [-0.15, -0.1) is 0 Å². The van der Waals surface area contributed by atoms with Crippen molar-refractivity contribution in [3.63, 3.8) is 0 Å². The van der Waals surface area contributed by atoms with E-state index in [1.54, 1.807) is 30.3 Å². The van der Waals surface area contributed by atoms with Crippen LogP contribution in [0.3, 0.4) is 0 Å². The minimum Gasteiger partial charge on any atom is -0.491 e. The van der Waals surface area contributed by atoms with Gasteiger partial charge in [0.05, 0.1) is 18.8 Å². The Morgan fingerprint density at radius 2 is 1.67 bits per heavy atom. The molecule has 1 aliphatic carbocycles. The Hall–Kier alpha value is -2.05. The van der Waals surface area contributed by atoms with Crippen molar-refractivity contribution in [3.05, 3.63) is 53.1 Å². The molecule has 0 radical (unpaired) electrons. The van der Waals surface area contributed by atoms with E-state index in [1.807, 2.05) is 0 Å². The van der Waals surface area contributed by atoms with Crippen molar-refractivity contribution in [3.8, 4) is 16.9 Å². The Bertz CT molecular complexity index is 1030. The predicted molar refractivity (Wildman–Crippen MR) is 150 cm³/mol. The summed E-state index contributed by atoms with van der Waals surface area (Å²) < 4.78 is 61.9. The van der Waals surface area contributed by atoms with Gasteiger partial charge in [-0.25, -0.2) is 13.2 Å². The molecule has 0 aromatic heterocycles. The molecule has 2 aliphatic rings. The highest BCUT2D eigenvalue weighted by Crippen LogP contribution is 2.35. The van der Waals surface area contributed by atoms with E-state index in [9.17, 15) is 4.39 Å². The molecule has 0 bridgehead atoms. The first-order valence-electron chi connectivity index (χ1n) is 15.1. The highest BCUT2D eigenvalue weighted by Gasteiger charge is 2.38. The SMILES string of the molecule is CCCCCCC(F)COC1CCc2cc(-c3ccc(OCC4OC4CCCCCC)cc3)c(F)c(F)c2C1. The molecule has 4 atom stereocenters. The fourth-order valence-corrected chi connectivity index (χ4v) is 5.54. The summed E-state index contributed by atoms with van der Waals surface area (Å²) in [6, 6.07) is 8.89. The summed E-state index contributed by atoms with van der Waals surface area (Å²) in [7, 11) is 0. The van der Waals surface area contributed by atoms with Gasteiger partial charge >= 0.3 is 0 Å². The molecular weight excluding hydrogens is 501 g/mol. The zero-order valence-electron chi connectivity index (χ0n) is 23.7. The summed E-state index contributed by atoms with van der Waals surface area (Å²) in [5.74, 6) is -0.975. The lowest BCUT2D eigenvalue weighted by atomic mass is 9.86. The number of fused-ring (bicyclic) bond motifs is 1. The molecule has 4 rings (SSSR count). The van der Waals surface area contributed by atoms with Gasteiger partial charge in [-0.05, 0) is 60.6 Å². The smallest absolute Gasteiger partial charge is 0.166 e. The highest BCUT2D eigenvalue weighted by molar-refractivity contribution is 5.67. The normalized spacial score (nSPS) is 21.0. The molecule has 216 valence electrons. The summed E-state index contributed by atoms with van der Waals surface area (Å²) in [5.41, 5.74) is 2.03. The molecule has 3 nitrogen and oxygen atoms in total. The van der Waals surface area contributed by atoms with Gasteiger partial charge in [0.15, 0.2) is 11.6 Å². The van der Waals surface area contributed by atoms with Crippen molar-refractivity contribution in [1.82, 2.24) is 0 Å². The number of alkyl halides is 1. The van der Waals surface area contributed by atoms with Gasteiger partial charge < -0.3 is 14.2 Å². The molecule has 39 heavy (non-hydrogen) atoms. The molecule has 6 heteroatoms. The van der Waals surface area contributed by atoms with E-state index in [0.29, 0.717) is 48.8 Å². The van der Waals surface area contributed by atoms with Crippen LogP contribution in [0.5, 0.6) is 5.75 Å². The van der Waals surface area contributed by atoms with Gasteiger partial charge in [0, 0.05) is 12.0 Å². The lowest BCUT2D eigenvalue weighted by Crippen LogP contribution is -2.27. The minimum atomic E-state index is -1.01. The fraction of sp³-hybridized carbons (Fsp3) is 0.636. The van der Waals surface area contributed by atoms with Crippen LogP contribution in [0.25, 0.3) is 11.1 Å². The van der Waals surface area contributed by atoms with Crippen LogP contribution >= 0.6 is 0 Å². The molecule has 0 N–H and O–H groups in total. The maximum atomic E-state index is 15.2. The monoisotopic (exact) mass is 546 g/mol. The molecule has 2 aromatic carbocycles. The van der Waals surface area contributed by atoms with Crippen molar-refractivity contribution in [1.29, 1.82) is 0 Å². The second-order valence-electron chi connectivity index (χ2n) is 11.2. The Labute approximate surface area is 232 Å². The van der Waals surface area contributed by atoms with E-state index in [2.05, 4.69) is 13.8 Å². The summed E-state index contributed by atoms with van der Waals surface area (Å²) in [6.07, 6.45) is 11.3. The van der Waals surface area contributed by atoms with Crippen LogP contribution in [0.1, 0.15) is 95.6 Å². The molecule has 4 unspecified atom stereocenters. The maximum absolute atomic E-state index is 15.2. The van der Waals surface area contributed by atoms with E-state index in [-0.39, 0.29) is 30.8 Å². The molecule has 0 spiro atoms. The van der Waals surface area contributed by atoms with E-state index < -0.39 is 17.8 Å². The molecule has 0 saturated carbocycles. The molecule has 1 aliphatic heterocycles. The number of aryl methyl sites for hydroxylation is 1. The molecule has 1 fully saturated rings. The van der Waals surface area contributed by atoms with Crippen LogP contribution in [0.2, 0.25) is 0 Å². The second-order valence-corrected chi connectivity index (χ2v) is 11.2. The predicted octanol–water partition coefficient (Wildman–Crippen LogP) is 8.93. The van der Waals surface area contributed by atoms with Gasteiger partial charge in [0.25, 0.3) is 0 Å². The van der Waals surface area contributed by atoms with Crippen molar-refractivity contribution in [2.45, 2.75) is 122 Å². The van der Waals surface area contributed by atoms with Crippen molar-refractivity contribution in [2.75, 3.05) is 13.2 Å². The number of halogens is 3. The zero-order valence-corrected chi connectivity index (χ0v) is 23.7. The lowest BCUT2D eigenvalue weighted by Gasteiger charge is -2.27. The average molecular weight is 547 g/mol. The summed E-state index contributed by atoms with van der Waals surface area (Å²) >= 11 is 0. The van der Waals surface area contributed by atoms with Gasteiger partial charge in [0.1, 0.15) is 24.6 Å². The van der Waals surface area contributed by atoms with Crippen LogP contribution in [0.4, 0.5) is 13.2 Å². The minimum absolute atomic E-state index is 0.0230. The summed E-state index contributed by atoms with van der Waals surface area (Å²) in [4.78, 5) is 0. The third-order valence-electron chi connectivity index (χ3n) is 8.06. The van der Waals surface area contributed by atoms with Crippen molar-refractivity contribution < 1.29 is 27.4 Å². The number of unbranched alkanes of at least 4 members (excludes halogenated alkanes) is 6. The van der Waals surface area contributed by atoms with Gasteiger partial charge in [-0.1, -0.05) is 77.3 Å². The third-order valence-corrected chi connectivity index (χ3v) is 8.06. The maximum Gasteiger partial charge on any atom is 0.166 e. The molecule has 1 heterocycles. The van der Waals surface area contributed by atoms with Crippen LogP contribution < -0.4 is 4.74 Å². The third kappa shape index (κ3) is 8.72. The Kier molecular flexibility index (Phi) is 11.6. The summed E-state index contributed by atoms with van der Waals surface area (Å²) in [6.45, 7) is 4.86. The summed E-state index contributed by atoms with van der Waals surface area (Å²) in [5, 5.41) is 0. The number of hydrogen-bond acceptors (Lipinski definition) is 3. The first-order chi connectivity index (χ1) is 19.0. The van der Waals surface area contributed by atoms with Crippen LogP contribution in [-0.4, -0.2) is 37.7 Å². The Balaban J connectivity index is 1.27. The quantitative estimate of drug-likeness (QED) is 0.147. The average Bonchev–Trinajstić information content (AvgIpc) is 3.71. The molecule has 2 aromatic rings. The van der Waals surface area contributed by atoms with Crippen LogP contribution in [0, 0.1) is 11.6 Å². The number of epoxide rings is 1. The Morgan fingerprint density at radius 1 is 0.923 bits per heavy atom. The van der Waals surface area contributed by atoms with Gasteiger partial charge in [-0.2, -0.15) is 0 Å². The van der Waals surface area contributed by atoms with Gasteiger partial charge in [-0.3, -0.25) is 0 Å². The molecule has 0 amide bonds. The number of hydrogen-bond donors (Lipinski definition) is 0. The molecule has 1 saturated heterocycles. The number of benzene rings is 2. The Morgan fingerprint density at radius 3 is 2.41 bits per heavy atom. The van der Waals surface area contributed by atoms with Crippen LogP contribution in [-0.2, 0) is 22.3 Å². The number of ether oxygens (including phenoxy) is 3. The lowest BCUT2D eigenvalue weighted by molar-refractivity contribution is 0.00865. The second kappa shape index (κ2) is 15.1. The zero-order chi connectivity index (χ0) is 27.6. The first kappa shape index (κ1) is 29.9. The molecular formula is C33H45F3O3. The van der Waals surface area contributed by atoms with Crippen LogP contribution in [0.15, 0.2) is 30.3 Å². The van der Waals surface area contributed by atoms with Crippen molar-refractivity contribution in [2.24, 2.45) is 0 Å². The number of rotatable bonds is 17.